The molecule has 0 atom stereocenters. The van der Waals surface area contributed by atoms with Crippen molar-refractivity contribution in [3.05, 3.63) is 57.6 Å². The van der Waals surface area contributed by atoms with Crippen molar-refractivity contribution in [2.24, 2.45) is 0 Å². The highest BCUT2D eigenvalue weighted by atomic mass is 16.6. The minimum Gasteiger partial charge on any atom is -0.497 e. The fourth-order valence-corrected chi connectivity index (χ4v) is 2.29. The van der Waals surface area contributed by atoms with Crippen LogP contribution in [0.15, 0.2) is 36.4 Å². The van der Waals surface area contributed by atoms with Gasteiger partial charge < -0.3 is 19.5 Å². The predicted octanol–water partition coefficient (Wildman–Crippen LogP) is 3.01. The molecule has 0 aliphatic heterocycles. The van der Waals surface area contributed by atoms with E-state index in [1.807, 2.05) is 0 Å². The number of rotatable bonds is 7. The van der Waals surface area contributed by atoms with Gasteiger partial charge in [-0.05, 0) is 24.3 Å². The lowest BCUT2D eigenvalue weighted by Crippen LogP contribution is -2.09. The first-order valence-corrected chi connectivity index (χ1v) is 7.31. The molecule has 0 bridgehead atoms. The highest BCUT2D eigenvalue weighted by Crippen LogP contribution is 2.27. The van der Waals surface area contributed by atoms with Crippen LogP contribution in [0.2, 0.25) is 0 Å². The largest absolute Gasteiger partial charge is 0.497 e. The molecule has 25 heavy (non-hydrogen) atoms. The number of carbonyl (C=O) groups is 1. The van der Waals surface area contributed by atoms with Crippen LogP contribution in [0.1, 0.15) is 15.9 Å². The monoisotopic (exact) mass is 346 g/mol. The van der Waals surface area contributed by atoms with E-state index in [0.717, 1.165) is 5.56 Å². The molecule has 1 N–H and O–H groups in total. The van der Waals surface area contributed by atoms with Gasteiger partial charge >= 0.3 is 5.97 Å². The normalized spacial score (nSPS) is 10.0. The molecule has 0 aliphatic carbocycles. The fourth-order valence-electron chi connectivity index (χ4n) is 2.29. The van der Waals surface area contributed by atoms with Gasteiger partial charge in [-0.25, -0.2) is 4.79 Å². The smallest absolute Gasteiger partial charge is 0.340 e. The second kappa shape index (κ2) is 8.00. The Morgan fingerprint density at radius 1 is 1.12 bits per heavy atom. The number of esters is 1. The Balaban J connectivity index is 2.31. The van der Waals surface area contributed by atoms with Gasteiger partial charge in [0, 0.05) is 29.9 Å². The number of nitro groups is 1. The maximum absolute atomic E-state index is 11.9. The fraction of sp³-hybridized carbons (Fsp3) is 0.235. The number of anilines is 1. The summed E-state index contributed by atoms with van der Waals surface area (Å²) in [6.07, 6.45) is 0. The summed E-state index contributed by atoms with van der Waals surface area (Å²) in [5, 5.41) is 14.0. The summed E-state index contributed by atoms with van der Waals surface area (Å²) in [6, 6.07) is 9.31. The average Bonchev–Trinajstić information content (AvgIpc) is 2.65. The quantitative estimate of drug-likeness (QED) is 0.467. The zero-order valence-corrected chi connectivity index (χ0v) is 14.1. The van der Waals surface area contributed by atoms with Gasteiger partial charge in [0.05, 0.1) is 31.8 Å². The van der Waals surface area contributed by atoms with E-state index < -0.39 is 10.9 Å². The molecule has 0 heterocycles. The summed E-state index contributed by atoms with van der Waals surface area (Å²) in [5.74, 6) is 0.646. The average molecular weight is 346 g/mol. The second-order valence-electron chi connectivity index (χ2n) is 5.01. The van der Waals surface area contributed by atoms with Crippen molar-refractivity contribution in [2.45, 2.75) is 6.54 Å². The van der Waals surface area contributed by atoms with Crippen molar-refractivity contribution < 1.29 is 23.9 Å². The van der Waals surface area contributed by atoms with Crippen molar-refractivity contribution in [2.75, 3.05) is 26.6 Å². The summed E-state index contributed by atoms with van der Waals surface area (Å²) in [6.45, 7) is 0.322. The van der Waals surface area contributed by atoms with Gasteiger partial charge in [0.15, 0.2) is 0 Å². The molecule has 132 valence electrons. The molecule has 0 saturated heterocycles. The van der Waals surface area contributed by atoms with Crippen LogP contribution >= 0.6 is 0 Å². The third-order valence-corrected chi connectivity index (χ3v) is 3.58. The highest BCUT2D eigenvalue weighted by molar-refractivity contribution is 5.96. The van der Waals surface area contributed by atoms with Crippen molar-refractivity contribution >= 4 is 17.3 Å². The predicted molar refractivity (Wildman–Crippen MR) is 91.3 cm³/mol. The number of non-ortho nitro benzene ring substituents is 1. The van der Waals surface area contributed by atoms with Crippen LogP contribution in [-0.4, -0.2) is 32.2 Å². The molecule has 0 fully saturated rings. The Labute approximate surface area is 144 Å². The summed E-state index contributed by atoms with van der Waals surface area (Å²) < 4.78 is 15.2. The lowest BCUT2D eigenvalue weighted by molar-refractivity contribution is -0.384. The number of hydrogen-bond acceptors (Lipinski definition) is 7. The SMILES string of the molecule is COC(=O)c1cc([N+](=O)[O-])ccc1NCc1cc(OC)ccc1OC. The Kier molecular flexibility index (Phi) is 5.78. The lowest BCUT2D eigenvalue weighted by Gasteiger charge is -2.14. The molecule has 2 aromatic carbocycles. The third-order valence-electron chi connectivity index (χ3n) is 3.58. The van der Waals surface area contributed by atoms with E-state index in [0.29, 0.717) is 23.7 Å². The number of carbonyl (C=O) groups excluding carboxylic acids is 1. The number of ether oxygens (including phenoxy) is 3. The molecular formula is C17H18N2O6. The maximum Gasteiger partial charge on any atom is 0.340 e. The lowest BCUT2D eigenvalue weighted by atomic mass is 10.1. The molecule has 0 aromatic heterocycles. The van der Waals surface area contributed by atoms with Gasteiger partial charge in [-0.1, -0.05) is 0 Å². The molecule has 8 nitrogen and oxygen atoms in total. The molecule has 0 spiro atoms. The van der Waals surface area contributed by atoms with Gasteiger partial charge in [0.2, 0.25) is 0 Å². The van der Waals surface area contributed by atoms with Crippen LogP contribution in [0.5, 0.6) is 11.5 Å². The van der Waals surface area contributed by atoms with Gasteiger partial charge in [-0.3, -0.25) is 10.1 Å². The minimum absolute atomic E-state index is 0.0820. The van der Waals surface area contributed by atoms with Crippen LogP contribution < -0.4 is 14.8 Å². The van der Waals surface area contributed by atoms with E-state index in [1.165, 1.54) is 25.3 Å². The topological polar surface area (TPSA) is 99.9 Å². The minimum atomic E-state index is -0.663. The summed E-state index contributed by atoms with van der Waals surface area (Å²) in [4.78, 5) is 22.3. The first-order valence-electron chi connectivity index (χ1n) is 7.31. The number of nitrogens with zero attached hydrogens (tertiary/aromatic N) is 1. The second-order valence-corrected chi connectivity index (χ2v) is 5.01. The van der Waals surface area contributed by atoms with Crippen molar-refractivity contribution in [3.8, 4) is 11.5 Å². The molecular weight excluding hydrogens is 328 g/mol. The standard InChI is InChI=1S/C17H18N2O6/c1-23-13-5-7-16(24-2)11(8-13)10-18-15-6-4-12(19(21)22)9-14(15)17(20)25-3/h4-9,18H,10H2,1-3H3. The summed E-state index contributed by atoms with van der Waals surface area (Å²) >= 11 is 0. The summed E-state index contributed by atoms with van der Waals surface area (Å²) in [7, 11) is 4.33. The first-order chi connectivity index (χ1) is 12.0. The molecule has 2 rings (SSSR count). The van der Waals surface area contributed by atoms with Gasteiger partial charge in [0.25, 0.3) is 5.69 Å². The maximum atomic E-state index is 11.9. The van der Waals surface area contributed by atoms with Gasteiger partial charge in [-0.15, -0.1) is 0 Å². The molecule has 0 amide bonds. The van der Waals surface area contributed by atoms with Gasteiger partial charge in [0.1, 0.15) is 11.5 Å². The molecule has 2 aromatic rings. The van der Waals surface area contributed by atoms with E-state index in [-0.39, 0.29) is 11.3 Å². The van der Waals surface area contributed by atoms with Crippen LogP contribution in [0.4, 0.5) is 11.4 Å². The van der Waals surface area contributed by atoms with Crippen LogP contribution in [0.25, 0.3) is 0 Å². The Morgan fingerprint density at radius 2 is 1.88 bits per heavy atom. The molecule has 0 aliphatic rings. The van der Waals surface area contributed by atoms with E-state index in [4.69, 9.17) is 14.2 Å². The van der Waals surface area contributed by atoms with E-state index in [1.54, 1.807) is 32.4 Å². The van der Waals surface area contributed by atoms with Crippen molar-refractivity contribution in [1.29, 1.82) is 0 Å². The Morgan fingerprint density at radius 3 is 2.48 bits per heavy atom. The first kappa shape index (κ1) is 18.1. The van der Waals surface area contributed by atoms with E-state index in [2.05, 4.69) is 5.32 Å². The molecule has 8 heteroatoms. The van der Waals surface area contributed by atoms with E-state index in [9.17, 15) is 14.9 Å². The third kappa shape index (κ3) is 4.17. The zero-order chi connectivity index (χ0) is 18.4. The van der Waals surface area contributed by atoms with Crippen LogP contribution in [0.3, 0.4) is 0 Å². The zero-order valence-electron chi connectivity index (χ0n) is 14.1. The molecule has 0 unspecified atom stereocenters. The highest BCUT2D eigenvalue weighted by Gasteiger charge is 2.17. The molecule has 0 radical (unpaired) electrons. The van der Waals surface area contributed by atoms with Crippen LogP contribution in [0, 0.1) is 10.1 Å². The van der Waals surface area contributed by atoms with E-state index >= 15 is 0 Å². The Hall–Kier alpha value is -3.29. The Bertz CT molecular complexity index is 791. The number of nitro benzene ring substituents is 1. The number of methoxy groups -OCH3 is 3. The van der Waals surface area contributed by atoms with Crippen molar-refractivity contribution in [3.63, 3.8) is 0 Å². The summed E-state index contributed by atoms with van der Waals surface area (Å²) in [5.41, 5.74) is 1.11. The van der Waals surface area contributed by atoms with Crippen molar-refractivity contribution in [1.82, 2.24) is 0 Å². The number of benzene rings is 2. The number of nitrogens with one attached hydrogen (secondary N) is 1. The van der Waals surface area contributed by atoms with Gasteiger partial charge in [-0.2, -0.15) is 0 Å². The molecule has 0 saturated carbocycles. The van der Waals surface area contributed by atoms with Crippen LogP contribution in [-0.2, 0) is 11.3 Å². The number of hydrogen-bond donors (Lipinski definition) is 1.